The fourth-order valence-electron chi connectivity index (χ4n) is 0.661. The van der Waals surface area contributed by atoms with Gasteiger partial charge < -0.3 is 5.73 Å². The van der Waals surface area contributed by atoms with Gasteiger partial charge in [0.15, 0.2) is 11.6 Å². The van der Waals surface area contributed by atoms with Crippen molar-refractivity contribution < 1.29 is 8.78 Å². The normalized spacial score (nSPS) is 9.90. The summed E-state index contributed by atoms with van der Waals surface area (Å²) in [5.74, 6) is -1.82. The van der Waals surface area contributed by atoms with E-state index in [0.717, 1.165) is 0 Å². The van der Waals surface area contributed by atoms with E-state index in [1.54, 1.807) is 0 Å². The van der Waals surface area contributed by atoms with E-state index in [1.165, 1.54) is 19.1 Å². The highest BCUT2D eigenvalue weighted by atomic mass is 19.2. The Kier molecular flexibility index (Phi) is 1.57. The largest absolute Gasteiger partial charge is 0.396 e. The van der Waals surface area contributed by atoms with Crippen LogP contribution in [0.5, 0.6) is 0 Å². The topological polar surface area (TPSA) is 26.0 Å². The van der Waals surface area contributed by atoms with E-state index in [0.29, 0.717) is 0 Å². The lowest BCUT2D eigenvalue weighted by atomic mass is 10.2. The molecule has 0 aliphatic carbocycles. The summed E-state index contributed by atoms with van der Waals surface area (Å²) in [6, 6.07) is 2.78. The third kappa shape index (κ3) is 0.943. The number of nitrogen functional groups attached to an aromatic ring is 1. The zero-order chi connectivity index (χ0) is 7.72. The molecule has 0 aliphatic rings. The summed E-state index contributed by atoms with van der Waals surface area (Å²) in [7, 11) is 0. The van der Waals surface area contributed by atoms with Crippen molar-refractivity contribution in [2.24, 2.45) is 0 Å². The molecule has 0 atom stereocenters. The van der Waals surface area contributed by atoms with E-state index in [9.17, 15) is 8.78 Å². The fraction of sp³-hybridized carbons (Fsp3) is 0.143. The quantitative estimate of drug-likeness (QED) is 0.551. The van der Waals surface area contributed by atoms with Crippen LogP contribution >= 0.6 is 0 Å². The minimum Gasteiger partial charge on any atom is -0.396 e. The van der Waals surface area contributed by atoms with Crippen LogP contribution in [0.15, 0.2) is 12.1 Å². The zero-order valence-electron chi connectivity index (χ0n) is 5.49. The van der Waals surface area contributed by atoms with Crippen LogP contribution in [0.1, 0.15) is 5.56 Å². The van der Waals surface area contributed by atoms with E-state index in [2.05, 4.69) is 0 Å². The molecule has 1 nitrogen and oxygen atoms in total. The van der Waals surface area contributed by atoms with Crippen molar-refractivity contribution in [1.29, 1.82) is 0 Å². The molecule has 0 saturated heterocycles. The van der Waals surface area contributed by atoms with Crippen LogP contribution in [0.2, 0.25) is 0 Å². The van der Waals surface area contributed by atoms with E-state index in [4.69, 9.17) is 5.73 Å². The molecule has 0 aliphatic heterocycles. The molecule has 10 heavy (non-hydrogen) atoms. The monoisotopic (exact) mass is 143 g/mol. The van der Waals surface area contributed by atoms with Crippen molar-refractivity contribution in [3.05, 3.63) is 29.3 Å². The van der Waals surface area contributed by atoms with Crippen LogP contribution in [0.25, 0.3) is 0 Å². The number of halogens is 2. The van der Waals surface area contributed by atoms with Crippen LogP contribution in [-0.2, 0) is 0 Å². The molecule has 0 bridgehead atoms. The van der Waals surface area contributed by atoms with E-state index < -0.39 is 11.6 Å². The van der Waals surface area contributed by atoms with E-state index >= 15 is 0 Å². The molecule has 0 fully saturated rings. The Morgan fingerprint density at radius 2 is 1.80 bits per heavy atom. The molecule has 0 unspecified atom stereocenters. The first kappa shape index (κ1) is 6.99. The number of rotatable bonds is 0. The zero-order valence-corrected chi connectivity index (χ0v) is 5.49. The fourth-order valence-corrected chi connectivity index (χ4v) is 0.661. The standard InChI is InChI=1S/C7H7F2N/c1-4-2-3-5(10)7(9)6(4)8/h2-3H,10H2,1H3. The van der Waals surface area contributed by atoms with Crippen LogP contribution in [0.4, 0.5) is 14.5 Å². The Hall–Kier alpha value is -1.12. The predicted molar refractivity (Wildman–Crippen MR) is 35.5 cm³/mol. The third-order valence-electron chi connectivity index (χ3n) is 1.31. The lowest BCUT2D eigenvalue weighted by Crippen LogP contribution is -1.95. The molecule has 2 N–H and O–H groups in total. The van der Waals surface area contributed by atoms with Gasteiger partial charge in [-0.25, -0.2) is 8.78 Å². The Morgan fingerprint density at radius 3 is 2.30 bits per heavy atom. The van der Waals surface area contributed by atoms with Crippen molar-refractivity contribution in [2.75, 3.05) is 5.73 Å². The van der Waals surface area contributed by atoms with Crippen LogP contribution in [0.3, 0.4) is 0 Å². The first-order valence-electron chi connectivity index (χ1n) is 2.83. The molecular formula is C7H7F2N. The summed E-state index contributed by atoms with van der Waals surface area (Å²) >= 11 is 0. The van der Waals surface area contributed by atoms with Crippen molar-refractivity contribution >= 4 is 5.69 Å². The lowest BCUT2D eigenvalue weighted by Gasteiger charge is -1.99. The second-order valence-corrected chi connectivity index (χ2v) is 2.10. The van der Waals surface area contributed by atoms with Crippen LogP contribution in [0, 0.1) is 18.6 Å². The van der Waals surface area contributed by atoms with Gasteiger partial charge in [0, 0.05) is 0 Å². The average molecular weight is 143 g/mol. The van der Waals surface area contributed by atoms with Crippen molar-refractivity contribution in [3.8, 4) is 0 Å². The lowest BCUT2D eigenvalue weighted by molar-refractivity contribution is 0.506. The number of hydrogen-bond donors (Lipinski definition) is 1. The van der Waals surface area contributed by atoms with Crippen molar-refractivity contribution in [3.63, 3.8) is 0 Å². The minimum atomic E-state index is -0.958. The van der Waals surface area contributed by atoms with Gasteiger partial charge in [0.1, 0.15) is 0 Å². The van der Waals surface area contributed by atoms with Gasteiger partial charge in [0.2, 0.25) is 0 Å². The molecule has 3 heteroatoms. The molecule has 0 saturated carbocycles. The van der Waals surface area contributed by atoms with Crippen molar-refractivity contribution in [2.45, 2.75) is 6.92 Å². The van der Waals surface area contributed by atoms with E-state index in [1.807, 2.05) is 0 Å². The Morgan fingerprint density at radius 1 is 1.20 bits per heavy atom. The molecule has 0 spiro atoms. The third-order valence-corrected chi connectivity index (χ3v) is 1.31. The van der Waals surface area contributed by atoms with Gasteiger partial charge in [-0.15, -0.1) is 0 Å². The molecule has 0 heterocycles. The van der Waals surface area contributed by atoms with Crippen LogP contribution in [-0.4, -0.2) is 0 Å². The van der Waals surface area contributed by atoms with Crippen LogP contribution < -0.4 is 5.73 Å². The predicted octanol–water partition coefficient (Wildman–Crippen LogP) is 1.86. The highest BCUT2D eigenvalue weighted by Crippen LogP contribution is 2.16. The average Bonchev–Trinajstić information content (AvgIpc) is 1.93. The Labute approximate surface area is 57.5 Å². The molecule has 1 rings (SSSR count). The van der Waals surface area contributed by atoms with Gasteiger partial charge in [0.25, 0.3) is 0 Å². The van der Waals surface area contributed by atoms with Gasteiger partial charge in [-0.2, -0.15) is 0 Å². The summed E-state index contributed by atoms with van der Waals surface area (Å²) in [6.07, 6.45) is 0. The van der Waals surface area contributed by atoms with Gasteiger partial charge >= 0.3 is 0 Å². The summed E-state index contributed by atoms with van der Waals surface area (Å²) in [6.45, 7) is 1.48. The first-order valence-corrected chi connectivity index (χ1v) is 2.83. The van der Waals surface area contributed by atoms with Gasteiger partial charge in [0.05, 0.1) is 5.69 Å². The minimum absolute atomic E-state index is 0.150. The number of aryl methyl sites for hydroxylation is 1. The second-order valence-electron chi connectivity index (χ2n) is 2.10. The number of anilines is 1. The van der Waals surface area contributed by atoms with E-state index in [-0.39, 0.29) is 11.3 Å². The Bertz CT molecular complexity index is 231. The second kappa shape index (κ2) is 2.25. The molecule has 1 aromatic rings. The molecular weight excluding hydrogens is 136 g/mol. The highest BCUT2D eigenvalue weighted by Gasteiger charge is 2.06. The van der Waals surface area contributed by atoms with Crippen molar-refractivity contribution in [1.82, 2.24) is 0 Å². The molecule has 0 amide bonds. The summed E-state index contributed by atoms with van der Waals surface area (Å²) in [5.41, 5.74) is 5.19. The molecule has 1 aromatic carbocycles. The SMILES string of the molecule is Cc1ccc(N)c(F)c1F. The molecule has 0 radical (unpaired) electrons. The maximum Gasteiger partial charge on any atom is 0.181 e. The maximum absolute atomic E-state index is 12.5. The smallest absolute Gasteiger partial charge is 0.181 e. The summed E-state index contributed by atoms with van der Waals surface area (Å²) < 4.78 is 25.0. The number of nitrogens with two attached hydrogens (primary N) is 1. The number of benzene rings is 1. The Balaban J connectivity index is 3.34. The number of hydrogen-bond acceptors (Lipinski definition) is 1. The maximum atomic E-state index is 12.5. The summed E-state index contributed by atoms with van der Waals surface area (Å²) in [4.78, 5) is 0. The summed E-state index contributed by atoms with van der Waals surface area (Å²) in [5, 5.41) is 0. The first-order chi connectivity index (χ1) is 4.63. The molecule has 0 aromatic heterocycles. The van der Waals surface area contributed by atoms with Gasteiger partial charge in [-0.1, -0.05) is 6.07 Å². The van der Waals surface area contributed by atoms with Gasteiger partial charge in [-0.3, -0.25) is 0 Å². The highest BCUT2D eigenvalue weighted by molar-refractivity contribution is 5.41. The molecule has 54 valence electrons. The van der Waals surface area contributed by atoms with Gasteiger partial charge in [-0.05, 0) is 18.6 Å².